The monoisotopic (exact) mass is 300 g/mol. The Hall–Kier alpha value is -2.27. The van der Waals surface area contributed by atoms with Crippen LogP contribution in [0.4, 0.5) is 0 Å². The molecule has 0 unspecified atom stereocenters. The Bertz CT molecular complexity index is 1030. The van der Waals surface area contributed by atoms with Crippen LogP contribution in [0.2, 0.25) is 5.02 Å². The van der Waals surface area contributed by atoms with Gasteiger partial charge in [0.25, 0.3) is 5.56 Å². The topological polar surface area (TPSA) is 66.5 Å². The Morgan fingerprint density at radius 1 is 1.43 bits per heavy atom. The van der Waals surface area contributed by atoms with Gasteiger partial charge in [-0.05, 0) is 30.6 Å². The first kappa shape index (κ1) is 12.5. The number of fused-ring (bicyclic) bond motifs is 1. The molecule has 0 radical (unpaired) electrons. The van der Waals surface area contributed by atoms with Crippen LogP contribution in [0.25, 0.3) is 22.7 Å². The van der Waals surface area contributed by atoms with Crippen molar-refractivity contribution in [1.82, 2.24) is 19.5 Å². The van der Waals surface area contributed by atoms with E-state index in [-0.39, 0.29) is 5.56 Å². The van der Waals surface area contributed by atoms with Crippen LogP contribution in [0, 0.1) is 0 Å². The molecular formula is C15H13ClN4O. The normalized spacial score (nSPS) is 15.1. The molecule has 1 aliphatic rings. The molecule has 3 heterocycles. The number of aromatic amines is 2. The van der Waals surface area contributed by atoms with Gasteiger partial charge in [0.15, 0.2) is 0 Å². The quantitative estimate of drug-likeness (QED) is 0.704. The second kappa shape index (κ2) is 4.36. The third-order valence-electron chi connectivity index (χ3n) is 3.79. The van der Waals surface area contributed by atoms with Crippen molar-refractivity contribution < 1.29 is 0 Å². The summed E-state index contributed by atoms with van der Waals surface area (Å²) in [7, 11) is 1.80. The Balaban J connectivity index is 1.99. The number of pyridine rings is 1. The van der Waals surface area contributed by atoms with Crippen LogP contribution in [0.15, 0.2) is 23.3 Å². The van der Waals surface area contributed by atoms with Gasteiger partial charge in [-0.25, -0.2) is 4.98 Å². The maximum Gasteiger partial charge on any atom is 0.275 e. The Morgan fingerprint density at radius 3 is 3.00 bits per heavy atom. The van der Waals surface area contributed by atoms with Gasteiger partial charge in [-0.3, -0.25) is 9.36 Å². The number of hydrogen-bond acceptors (Lipinski definition) is 2. The third-order valence-corrected chi connectivity index (χ3v) is 3.99. The number of halogens is 1. The van der Waals surface area contributed by atoms with Gasteiger partial charge in [-0.15, -0.1) is 0 Å². The predicted molar refractivity (Wildman–Crippen MR) is 82.6 cm³/mol. The van der Waals surface area contributed by atoms with Gasteiger partial charge >= 0.3 is 0 Å². The standard InChI is InChI=1S/C15H13ClN4O/c1-20-14(8-2-3-8)19-12(15(20)21)4-9-6-17-13-11(9)5-10(16)7-18-13/h4-7,19H,2-3H2,1H3,(H,17,18). The van der Waals surface area contributed by atoms with Crippen molar-refractivity contribution in [1.29, 1.82) is 0 Å². The molecule has 5 nitrogen and oxygen atoms in total. The average molecular weight is 301 g/mol. The zero-order chi connectivity index (χ0) is 14.6. The SMILES string of the molecule is Cn1c(=C2CC2)[nH]c(=Cc2c[nH]c3ncc(Cl)cc23)c1=O. The van der Waals surface area contributed by atoms with Crippen molar-refractivity contribution >= 4 is 34.3 Å². The van der Waals surface area contributed by atoms with E-state index < -0.39 is 0 Å². The fraction of sp³-hybridized carbons (Fsp3) is 0.200. The molecule has 1 saturated carbocycles. The number of nitrogens with zero attached hydrogens (tertiary/aromatic N) is 2. The van der Waals surface area contributed by atoms with Crippen molar-refractivity contribution in [2.24, 2.45) is 7.05 Å². The van der Waals surface area contributed by atoms with Crippen molar-refractivity contribution in [2.45, 2.75) is 12.8 Å². The van der Waals surface area contributed by atoms with Crippen LogP contribution in [-0.4, -0.2) is 19.5 Å². The summed E-state index contributed by atoms with van der Waals surface area (Å²) in [5.74, 6) is 0. The summed E-state index contributed by atoms with van der Waals surface area (Å²) in [6.07, 6.45) is 7.41. The lowest BCUT2D eigenvalue weighted by molar-refractivity contribution is 0.835. The lowest BCUT2D eigenvalue weighted by Gasteiger charge is -1.91. The highest BCUT2D eigenvalue weighted by molar-refractivity contribution is 6.31. The van der Waals surface area contributed by atoms with E-state index in [0.29, 0.717) is 10.4 Å². The summed E-state index contributed by atoms with van der Waals surface area (Å²) in [4.78, 5) is 22.8. The molecule has 1 fully saturated rings. The minimum absolute atomic E-state index is 0.0197. The second-order valence-corrected chi connectivity index (χ2v) is 5.73. The summed E-state index contributed by atoms with van der Waals surface area (Å²) in [5, 5.41) is 2.05. The van der Waals surface area contributed by atoms with E-state index in [1.54, 1.807) is 17.8 Å². The van der Waals surface area contributed by atoms with Crippen LogP contribution in [0.1, 0.15) is 18.4 Å². The van der Waals surface area contributed by atoms with Crippen LogP contribution in [0.3, 0.4) is 0 Å². The van der Waals surface area contributed by atoms with Crippen LogP contribution >= 0.6 is 11.6 Å². The number of imidazole rings is 1. The van der Waals surface area contributed by atoms with E-state index in [0.717, 1.165) is 34.9 Å². The van der Waals surface area contributed by atoms with Gasteiger partial charge in [-0.1, -0.05) is 11.6 Å². The molecule has 1 aliphatic carbocycles. The van der Waals surface area contributed by atoms with Gasteiger partial charge < -0.3 is 9.97 Å². The third kappa shape index (κ3) is 2.01. The Labute approximate surface area is 124 Å². The molecular weight excluding hydrogens is 288 g/mol. The fourth-order valence-corrected chi connectivity index (χ4v) is 2.70. The van der Waals surface area contributed by atoms with Gasteiger partial charge in [0, 0.05) is 30.4 Å². The summed E-state index contributed by atoms with van der Waals surface area (Å²) in [6, 6.07) is 1.84. The lowest BCUT2D eigenvalue weighted by atomic mass is 10.2. The zero-order valence-electron chi connectivity index (χ0n) is 11.4. The van der Waals surface area contributed by atoms with Gasteiger partial charge in [0.2, 0.25) is 0 Å². The van der Waals surface area contributed by atoms with Crippen molar-refractivity contribution in [3.05, 3.63) is 50.2 Å². The average Bonchev–Trinajstić information content (AvgIpc) is 3.19. The van der Waals surface area contributed by atoms with Crippen LogP contribution in [-0.2, 0) is 7.05 Å². The minimum atomic E-state index is -0.0197. The molecule has 3 aromatic heterocycles. The summed E-state index contributed by atoms with van der Waals surface area (Å²) < 4.78 is 1.67. The van der Waals surface area contributed by atoms with E-state index >= 15 is 0 Å². The number of H-pyrrole nitrogens is 2. The minimum Gasteiger partial charge on any atom is -0.346 e. The molecule has 0 bridgehead atoms. The first-order valence-corrected chi connectivity index (χ1v) is 7.13. The molecule has 6 heteroatoms. The maximum absolute atomic E-state index is 12.3. The van der Waals surface area contributed by atoms with Crippen molar-refractivity contribution in [3.8, 4) is 0 Å². The molecule has 106 valence electrons. The van der Waals surface area contributed by atoms with Gasteiger partial charge in [0.1, 0.15) is 16.5 Å². The highest BCUT2D eigenvalue weighted by Gasteiger charge is 2.15. The molecule has 2 N–H and O–H groups in total. The van der Waals surface area contributed by atoms with E-state index in [9.17, 15) is 4.79 Å². The Kier molecular flexibility index (Phi) is 2.59. The first-order valence-electron chi connectivity index (χ1n) is 6.75. The van der Waals surface area contributed by atoms with E-state index in [4.69, 9.17) is 11.6 Å². The zero-order valence-corrected chi connectivity index (χ0v) is 12.2. The molecule has 0 spiro atoms. The summed E-state index contributed by atoms with van der Waals surface area (Å²) in [6.45, 7) is 0. The molecule has 4 rings (SSSR count). The first-order chi connectivity index (χ1) is 10.1. The second-order valence-electron chi connectivity index (χ2n) is 5.29. The largest absolute Gasteiger partial charge is 0.346 e. The number of aromatic nitrogens is 4. The highest BCUT2D eigenvalue weighted by atomic mass is 35.5. The number of nitrogens with one attached hydrogen (secondary N) is 2. The lowest BCUT2D eigenvalue weighted by Crippen LogP contribution is -2.28. The molecule has 0 saturated heterocycles. The number of rotatable bonds is 1. The molecule has 0 aromatic carbocycles. The van der Waals surface area contributed by atoms with Gasteiger partial charge in [-0.2, -0.15) is 0 Å². The van der Waals surface area contributed by atoms with Crippen LogP contribution in [0.5, 0.6) is 0 Å². The van der Waals surface area contributed by atoms with Crippen LogP contribution < -0.4 is 16.4 Å². The smallest absolute Gasteiger partial charge is 0.275 e. The Morgan fingerprint density at radius 2 is 2.24 bits per heavy atom. The summed E-state index contributed by atoms with van der Waals surface area (Å²) in [5.41, 5.74) is 3.87. The highest BCUT2D eigenvalue weighted by Crippen LogP contribution is 2.26. The van der Waals surface area contributed by atoms with E-state index in [1.807, 2.05) is 18.3 Å². The molecule has 0 amide bonds. The molecule has 21 heavy (non-hydrogen) atoms. The van der Waals surface area contributed by atoms with E-state index in [2.05, 4.69) is 15.0 Å². The maximum atomic E-state index is 12.3. The molecule has 3 aromatic rings. The van der Waals surface area contributed by atoms with Crippen molar-refractivity contribution in [2.75, 3.05) is 0 Å². The fourth-order valence-electron chi connectivity index (χ4n) is 2.54. The molecule has 0 atom stereocenters. The number of hydrogen-bond donors (Lipinski definition) is 2. The predicted octanol–water partition coefficient (Wildman–Crippen LogP) is 1.02. The van der Waals surface area contributed by atoms with Crippen molar-refractivity contribution in [3.63, 3.8) is 0 Å². The van der Waals surface area contributed by atoms with E-state index in [1.165, 1.54) is 5.57 Å². The van der Waals surface area contributed by atoms with Gasteiger partial charge in [0.05, 0.1) is 5.02 Å². The molecule has 0 aliphatic heterocycles. The summed E-state index contributed by atoms with van der Waals surface area (Å²) >= 11 is 5.99.